The van der Waals surface area contributed by atoms with Crippen LogP contribution in [0.4, 0.5) is 0 Å². The van der Waals surface area contributed by atoms with E-state index < -0.39 is 20.5 Å². The summed E-state index contributed by atoms with van der Waals surface area (Å²) < 4.78 is 50.9. The van der Waals surface area contributed by atoms with Gasteiger partial charge in [0.15, 0.2) is 5.34 Å². The maximum Gasteiger partial charge on any atom is 0.363 e. The van der Waals surface area contributed by atoms with Gasteiger partial charge in [-0.05, 0) is 30.0 Å². The highest BCUT2D eigenvalue weighted by Crippen LogP contribution is 2.73. The van der Waals surface area contributed by atoms with E-state index in [9.17, 15) is 9.13 Å². The molecule has 4 rings (SSSR count). The van der Waals surface area contributed by atoms with Gasteiger partial charge in [0.2, 0.25) is 0 Å². The molecule has 174 valence electrons. The van der Waals surface area contributed by atoms with Crippen molar-refractivity contribution < 1.29 is 27.2 Å². The molecule has 0 spiro atoms. The van der Waals surface area contributed by atoms with Gasteiger partial charge in [0.05, 0.1) is 26.0 Å². The molecule has 1 heterocycles. The summed E-state index contributed by atoms with van der Waals surface area (Å²) in [5.41, 5.74) is 2.59. The van der Waals surface area contributed by atoms with Crippen LogP contribution in [0.1, 0.15) is 30.0 Å². The zero-order valence-corrected chi connectivity index (χ0v) is 20.3. The van der Waals surface area contributed by atoms with Crippen LogP contribution in [-0.4, -0.2) is 11.5 Å². The van der Waals surface area contributed by atoms with Crippen molar-refractivity contribution in [2.45, 2.75) is 38.5 Å². The van der Waals surface area contributed by atoms with Gasteiger partial charge in [-0.15, -0.1) is 0 Å². The molecule has 0 radical (unpaired) electrons. The summed E-state index contributed by atoms with van der Waals surface area (Å²) in [7, 11) is -7.34. The molecule has 6 nitrogen and oxygen atoms in total. The monoisotopic (exact) mass is 486 g/mol. The van der Waals surface area contributed by atoms with Crippen molar-refractivity contribution in [2.75, 3.05) is 6.16 Å². The molecular weight excluding hydrogens is 458 g/mol. The molecule has 3 aromatic rings. The first-order valence-corrected chi connectivity index (χ1v) is 14.1. The minimum atomic E-state index is -3.86. The largest absolute Gasteiger partial charge is 0.363 e. The molecule has 2 atom stereocenters. The van der Waals surface area contributed by atoms with Gasteiger partial charge in [0, 0.05) is 0 Å². The van der Waals surface area contributed by atoms with Crippen LogP contribution in [0.15, 0.2) is 91.0 Å². The van der Waals surface area contributed by atoms with E-state index in [4.69, 9.17) is 18.1 Å². The molecule has 0 aliphatic carbocycles. The third kappa shape index (κ3) is 6.10. The fraction of sp³-hybridized carbons (Fsp3) is 0.280. The van der Waals surface area contributed by atoms with Gasteiger partial charge in [0.1, 0.15) is 0 Å². The van der Waals surface area contributed by atoms with Crippen LogP contribution in [0.2, 0.25) is 0 Å². The van der Waals surface area contributed by atoms with Crippen molar-refractivity contribution in [2.24, 2.45) is 0 Å². The molecule has 0 amide bonds. The van der Waals surface area contributed by atoms with Gasteiger partial charge in [-0.2, -0.15) is 0 Å². The summed E-state index contributed by atoms with van der Waals surface area (Å²) in [5.74, 6) is 0. The Morgan fingerprint density at radius 1 is 0.788 bits per heavy atom. The van der Waals surface area contributed by atoms with E-state index in [1.165, 1.54) is 0 Å². The average molecular weight is 486 g/mol. The second-order valence-electron chi connectivity index (χ2n) is 8.13. The lowest BCUT2D eigenvalue weighted by Gasteiger charge is -2.32. The third-order valence-electron chi connectivity index (χ3n) is 5.52. The van der Waals surface area contributed by atoms with Gasteiger partial charge in [-0.3, -0.25) is 13.7 Å². The topological polar surface area (TPSA) is 71.1 Å². The van der Waals surface area contributed by atoms with Crippen molar-refractivity contribution in [1.29, 1.82) is 0 Å². The van der Waals surface area contributed by atoms with Crippen LogP contribution in [-0.2, 0) is 47.0 Å². The minimum absolute atomic E-state index is 0.0844. The molecule has 2 unspecified atom stereocenters. The SMILES string of the molecule is CC1(P(=O)(OCc2ccccc2)OCc2ccccc2)CCP(=O)(OCc2ccccc2)O1. The van der Waals surface area contributed by atoms with Crippen molar-refractivity contribution in [3.8, 4) is 0 Å². The van der Waals surface area contributed by atoms with Crippen LogP contribution < -0.4 is 0 Å². The zero-order valence-electron chi connectivity index (χ0n) is 18.5. The maximum atomic E-state index is 14.1. The third-order valence-corrected chi connectivity index (χ3v) is 10.1. The number of benzene rings is 3. The Kier molecular flexibility index (Phi) is 7.65. The Bertz CT molecular complexity index is 1080. The van der Waals surface area contributed by atoms with Gasteiger partial charge in [0.25, 0.3) is 0 Å². The molecule has 0 saturated carbocycles. The highest BCUT2D eigenvalue weighted by Gasteiger charge is 2.58. The van der Waals surface area contributed by atoms with Crippen molar-refractivity contribution >= 4 is 15.2 Å². The van der Waals surface area contributed by atoms with Crippen molar-refractivity contribution in [1.82, 2.24) is 0 Å². The van der Waals surface area contributed by atoms with E-state index in [0.717, 1.165) is 16.7 Å². The molecule has 1 saturated heterocycles. The molecule has 33 heavy (non-hydrogen) atoms. The minimum Gasteiger partial charge on any atom is -0.304 e. The number of hydrogen-bond donors (Lipinski definition) is 0. The Hall–Kier alpha value is -2.04. The van der Waals surface area contributed by atoms with Crippen LogP contribution in [0.3, 0.4) is 0 Å². The van der Waals surface area contributed by atoms with Crippen LogP contribution in [0.25, 0.3) is 0 Å². The van der Waals surface area contributed by atoms with E-state index in [1.54, 1.807) is 6.92 Å². The predicted octanol–water partition coefficient (Wildman–Crippen LogP) is 7.16. The Labute approximate surface area is 194 Å². The van der Waals surface area contributed by atoms with E-state index in [0.29, 0.717) is 0 Å². The van der Waals surface area contributed by atoms with Crippen molar-refractivity contribution in [3.05, 3.63) is 108 Å². The lowest BCUT2D eigenvalue weighted by atomic mass is 10.2. The lowest BCUT2D eigenvalue weighted by molar-refractivity contribution is 0.0888. The summed E-state index contributed by atoms with van der Waals surface area (Å²) in [6.45, 7) is 1.95. The second kappa shape index (κ2) is 10.5. The normalized spacial score (nSPS) is 22.9. The highest BCUT2D eigenvalue weighted by atomic mass is 31.2. The van der Waals surface area contributed by atoms with Gasteiger partial charge in [-0.25, -0.2) is 0 Å². The molecule has 1 fully saturated rings. The number of rotatable bonds is 10. The lowest BCUT2D eigenvalue weighted by Crippen LogP contribution is -2.25. The Morgan fingerprint density at radius 2 is 1.21 bits per heavy atom. The fourth-order valence-electron chi connectivity index (χ4n) is 3.54. The standard InChI is InChI=1S/C25H28O6P2/c1-25(17-18-32(26,31-25)28-19-22-11-5-2-6-12-22)33(27,29-20-23-13-7-3-8-14-23)30-21-24-15-9-4-10-16-24/h2-16H,17-21H2,1H3. The smallest absolute Gasteiger partial charge is 0.304 e. The van der Waals surface area contributed by atoms with Crippen LogP contribution >= 0.6 is 15.2 Å². The average Bonchev–Trinajstić information content (AvgIpc) is 3.19. The Balaban J connectivity index is 1.50. The molecule has 0 N–H and O–H groups in total. The summed E-state index contributed by atoms with van der Waals surface area (Å²) in [6.07, 6.45) is 0.379. The van der Waals surface area contributed by atoms with Gasteiger partial charge < -0.3 is 13.6 Å². The van der Waals surface area contributed by atoms with Crippen LogP contribution in [0, 0.1) is 0 Å². The van der Waals surface area contributed by atoms with Gasteiger partial charge >= 0.3 is 15.2 Å². The van der Waals surface area contributed by atoms with E-state index >= 15 is 0 Å². The fourth-order valence-corrected chi connectivity index (χ4v) is 8.14. The first kappa shape index (κ1) is 24.1. The molecule has 1 aliphatic heterocycles. The molecule has 8 heteroatoms. The number of hydrogen-bond acceptors (Lipinski definition) is 6. The van der Waals surface area contributed by atoms with E-state index in [2.05, 4.69) is 0 Å². The predicted molar refractivity (Wildman–Crippen MR) is 128 cm³/mol. The molecule has 3 aromatic carbocycles. The van der Waals surface area contributed by atoms with Gasteiger partial charge in [-0.1, -0.05) is 91.0 Å². The molecule has 1 aliphatic rings. The Morgan fingerprint density at radius 3 is 1.67 bits per heavy atom. The summed E-state index contributed by atoms with van der Waals surface area (Å²) in [4.78, 5) is 0. The van der Waals surface area contributed by atoms with Crippen molar-refractivity contribution in [3.63, 3.8) is 0 Å². The second-order valence-corrected chi connectivity index (χ2v) is 12.7. The van der Waals surface area contributed by atoms with E-state index in [-0.39, 0.29) is 32.4 Å². The molecule has 0 aromatic heterocycles. The highest BCUT2D eigenvalue weighted by molar-refractivity contribution is 7.59. The quantitative estimate of drug-likeness (QED) is 0.283. The summed E-state index contributed by atoms with van der Waals surface area (Å²) >= 11 is 0. The summed E-state index contributed by atoms with van der Waals surface area (Å²) in [5, 5.41) is -1.39. The van der Waals surface area contributed by atoms with Crippen LogP contribution in [0.5, 0.6) is 0 Å². The molecule has 0 bridgehead atoms. The zero-order chi connectivity index (χ0) is 23.2. The maximum absolute atomic E-state index is 14.1. The van der Waals surface area contributed by atoms with E-state index in [1.807, 2.05) is 91.0 Å². The first-order valence-electron chi connectivity index (χ1n) is 10.9. The first-order chi connectivity index (χ1) is 15.9. The summed E-state index contributed by atoms with van der Waals surface area (Å²) in [6, 6.07) is 28.3. The molecular formula is C25H28O6P2.